The molecule has 0 amide bonds. The number of hydrogen-bond donors (Lipinski definition) is 0. The molecule has 2 heteroatoms. The molecule has 26 valence electrons. The molecule has 0 saturated carbocycles. The van der Waals surface area contributed by atoms with Crippen molar-refractivity contribution >= 4 is 5.78 Å². The fraction of sp³-hybridized carbons (Fsp3) is 0. The highest BCUT2D eigenvalue weighted by Gasteiger charge is 2.04. The summed E-state index contributed by atoms with van der Waals surface area (Å²) >= 11 is 0. The van der Waals surface area contributed by atoms with Gasteiger partial charge in [-0.1, -0.05) is 0 Å². The molecule has 1 aliphatic heterocycles. The third kappa shape index (κ3) is 0.246. The summed E-state index contributed by atoms with van der Waals surface area (Å²) in [5.74, 6) is 1.83. The largest absolute Gasteiger partial charge is 0.388 e. The number of rotatable bonds is 0. The number of carbonyl (C=O) groups excluding carboxylic acids is 1. The van der Waals surface area contributed by atoms with Crippen molar-refractivity contribution in [3.05, 3.63) is 4.85 Å². The molecule has 1 heterocycles. The molecule has 0 unspecified atom stereocenters. The molecule has 0 aliphatic carbocycles. The van der Waals surface area contributed by atoms with Crippen LogP contribution in [0.1, 0.15) is 0 Å². The molecule has 2 nitrogen and oxygen atoms in total. The summed E-state index contributed by atoms with van der Waals surface area (Å²) in [7, 11) is 0. The molecule has 6 heavy (non-hydrogen) atoms. The highest BCUT2D eigenvalue weighted by Crippen LogP contribution is 1.73. The van der Waals surface area contributed by atoms with Gasteiger partial charge in [0.05, 0.1) is 5.92 Å². The quantitative estimate of drug-likeness (QED) is 0.292. The van der Waals surface area contributed by atoms with E-state index < -0.39 is 0 Å². The van der Waals surface area contributed by atoms with Gasteiger partial charge >= 0.3 is 17.9 Å². The molecule has 0 saturated heterocycles. The molecule has 0 aromatic heterocycles. The van der Waals surface area contributed by atoms with Crippen LogP contribution in [0, 0.1) is 18.0 Å². The molecule has 0 aromatic carbocycles. The molecule has 0 N–H and O–H groups in total. The minimum absolute atomic E-state index is 0.324. The smallest absolute Gasteiger partial charge is 0.262 e. The highest BCUT2D eigenvalue weighted by molar-refractivity contribution is 6.10. The Balaban J connectivity index is 3.13. The monoisotopic (exact) mass is 78.0 g/mol. The van der Waals surface area contributed by atoms with Gasteiger partial charge in [-0.15, -0.1) is 0 Å². The molecule has 0 atom stereocenters. The van der Waals surface area contributed by atoms with E-state index in [1.807, 2.05) is 0 Å². The van der Waals surface area contributed by atoms with Crippen LogP contribution < -0.4 is 0 Å². The predicted molar refractivity (Wildman–Crippen MR) is 20.0 cm³/mol. The van der Waals surface area contributed by atoms with Crippen LogP contribution in [0.4, 0.5) is 0 Å². The minimum atomic E-state index is -0.324. The SMILES string of the molecule is O=C1C#C[N+]#C1. The summed E-state index contributed by atoms with van der Waals surface area (Å²) < 4.78 is 0. The molecule has 0 aromatic rings. The molecule has 0 radical (unpaired) electrons. The van der Waals surface area contributed by atoms with Gasteiger partial charge in [-0.2, -0.15) is 0 Å². The Hall–Kier alpha value is -1.28. The molecule has 1 aliphatic rings. The van der Waals surface area contributed by atoms with E-state index in [4.69, 9.17) is 0 Å². The number of nitrogens with zero attached hydrogens (tertiary/aromatic N) is 1. The van der Waals surface area contributed by atoms with Gasteiger partial charge in [0.25, 0.3) is 0 Å². The number of carbonyl (C=O) groups is 1. The minimum Gasteiger partial charge on any atom is -0.262 e. The van der Waals surface area contributed by atoms with Crippen LogP contribution in [0.25, 0.3) is 4.85 Å². The highest BCUT2D eigenvalue weighted by atomic mass is 16.1. The Labute approximate surface area is 34.6 Å². The van der Waals surface area contributed by atoms with Crippen molar-refractivity contribution in [3.8, 4) is 18.0 Å². The lowest BCUT2D eigenvalue weighted by molar-refractivity contribution is -0.108. The summed E-state index contributed by atoms with van der Waals surface area (Å²) in [5, 5.41) is 0. The Morgan fingerprint density at radius 2 is 2.50 bits per heavy atom. The Morgan fingerprint density at radius 3 is 2.67 bits per heavy atom. The van der Waals surface area contributed by atoms with E-state index in [0.717, 1.165) is 0 Å². The summed E-state index contributed by atoms with van der Waals surface area (Å²) in [4.78, 5) is 13.1. The van der Waals surface area contributed by atoms with Crippen molar-refractivity contribution in [1.82, 2.24) is 0 Å². The van der Waals surface area contributed by atoms with E-state index in [2.05, 4.69) is 22.9 Å². The molecular formula is C4NO+. The van der Waals surface area contributed by atoms with Gasteiger partial charge in [0.15, 0.2) is 0 Å². The standard InChI is InChI=1S/C4NO/c6-4-1-2-5-3-4/q+1. The van der Waals surface area contributed by atoms with Crippen LogP contribution in [0.3, 0.4) is 0 Å². The van der Waals surface area contributed by atoms with Crippen LogP contribution >= 0.6 is 0 Å². The Bertz CT molecular complexity index is 173. The van der Waals surface area contributed by atoms with E-state index in [-0.39, 0.29) is 5.78 Å². The summed E-state index contributed by atoms with van der Waals surface area (Å²) in [6.45, 7) is 0. The van der Waals surface area contributed by atoms with Crippen molar-refractivity contribution < 1.29 is 4.79 Å². The molecule has 0 fully saturated rings. The first-order valence-electron chi connectivity index (χ1n) is 1.40. The fourth-order valence-corrected chi connectivity index (χ4v) is 0.185. The summed E-state index contributed by atoms with van der Waals surface area (Å²) in [6, 6.07) is 4.27. The van der Waals surface area contributed by atoms with Gasteiger partial charge in [0, 0.05) is 4.85 Å². The zero-order chi connectivity index (χ0) is 4.41. The summed E-state index contributed by atoms with van der Waals surface area (Å²) in [5.41, 5.74) is 0. The van der Waals surface area contributed by atoms with Gasteiger partial charge in [0.2, 0.25) is 0 Å². The maximum atomic E-state index is 9.86. The van der Waals surface area contributed by atoms with E-state index in [9.17, 15) is 4.79 Å². The first-order valence-corrected chi connectivity index (χ1v) is 1.40. The molecule has 0 spiro atoms. The summed E-state index contributed by atoms with van der Waals surface area (Å²) in [6.07, 6.45) is 0. The Kier molecular flexibility index (Phi) is 0.411. The van der Waals surface area contributed by atoms with E-state index in [0.29, 0.717) is 0 Å². The van der Waals surface area contributed by atoms with Crippen molar-refractivity contribution in [3.63, 3.8) is 0 Å². The van der Waals surface area contributed by atoms with Gasteiger partial charge in [-0.25, -0.2) is 0 Å². The zero-order valence-corrected chi connectivity index (χ0v) is 2.86. The normalized spacial score (nSPS) is 11.7. The topological polar surface area (TPSA) is 21.4 Å². The van der Waals surface area contributed by atoms with E-state index >= 15 is 0 Å². The maximum Gasteiger partial charge on any atom is 0.388 e. The predicted octanol–water partition coefficient (Wildman–Crippen LogP) is -0.137. The van der Waals surface area contributed by atoms with Crippen molar-refractivity contribution in [1.29, 1.82) is 0 Å². The van der Waals surface area contributed by atoms with Crippen LogP contribution in [0.2, 0.25) is 0 Å². The van der Waals surface area contributed by atoms with Gasteiger partial charge in [-0.3, -0.25) is 4.79 Å². The molecule has 0 bridgehead atoms. The lowest BCUT2D eigenvalue weighted by Gasteiger charge is -1.40. The Morgan fingerprint density at radius 1 is 1.67 bits per heavy atom. The van der Waals surface area contributed by atoms with Gasteiger partial charge < -0.3 is 0 Å². The second kappa shape index (κ2) is 0.841. The average molecular weight is 78.0 g/mol. The van der Waals surface area contributed by atoms with Crippen molar-refractivity contribution in [2.45, 2.75) is 0 Å². The zero-order valence-electron chi connectivity index (χ0n) is 2.86. The van der Waals surface area contributed by atoms with Crippen LogP contribution in [-0.2, 0) is 4.79 Å². The second-order valence-electron chi connectivity index (χ2n) is 0.790. The maximum absolute atomic E-state index is 9.86. The number of ketones is 1. The van der Waals surface area contributed by atoms with Gasteiger partial charge in [0.1, 0.15) is 0 Å². The average Bonchev–Trinajstić information content (AvgIpc) is 1.86. The third-order valence-electron chi connectivity index (χ3n) is 0.383. The van der Waals surface area contributed by atoms with Gasteiger partial charge in [-0.05, 0) is 0 Å². The van der Waals surface area contributed by atoms with Crippen molar-refractivity contribution in [2.24, 2.45) is 0 Å². The van der Waals surface area contributed by atoms with E-state index in [1.165, 1.54) is 0 Å². The fourth-order valence-electron chi connectivity index (χ4n) is 0.185. The lowest BCUT2D eigenvalue weighted by Crippen LogP contribution is -1.78. The first kappa shape index (κ1) is 2.93. The van der Waals surface area contributed by atoms with Crippen LogP contribution in [-0.4, -0.2) is 5.78 Å². The van der Waals surface area contributed by atoms with Crippen LogP contribution in [0.5, 0.6) is 0 Å². The molecule has 1 rings (SSSR count). The number of Topliss-reactive ketones (excluding diaryl/α,β-unsaturated/α-hetero) is 1. The number of hydrogen-bond acceptors (Lipinski definition) is 1. The second-order valence-corrected chi connectivity index (χ2v) is 0.790. The van der Waals surface area contributed by atoms with E-state index in [1.54, 1.807) is 0 Å². The first-order chi connectivity index (χ1) is 2.89. The lowest BCUT2D eigenvalue weighted by atomic mass is 10.5. The van der Waals surface area contributed by atoms with Crippen molar-refractivity contribution in [2.75, 3.05) is 0 Å². The third-order valence-corrected chi connectivity index (χ3v) is 0.383. The van der Waals surface area contributed by atoms with Crippen LogP contribution in [0.15, 0.2) is 0 Å². The molecular weight excluding hydrogens is 78.0 g/mol.